The molecule has 1 aliphatic heterocycles. The van der Waals surface area contributed by atoms with Crippen molar-refractivity contribution in [1.29, 1.82) is 10.5 Å². The summed E-state index contributed by atoms with van der Waals surface area (Å²) in [5.41, 5.74) is -0.946. The Hall–Kier alpha value is -3.09. The minimum absolute atomic E-state index is 0.0353. The Morgan fingerprint density at radius 3 is 2.08 bits per heavy atom. The normalized spacial score (nSPS) is 13.6. The fourth-order valence-electron chi connectivity index (χ4n) is 2.29. The van der Waals surface area contributed by atoms with Crippen LogP contribution in [-0.4, -0.2) is 0 Å². The maximum absolute atomic E-state index is 14.6. The number of hydrogen-bond acceptors (Lipinski definition) is 3. The van der Waals surface area contributed by atoms with Gasteiger partial charge in [-0.25, -0.2) is 8.78 Å². The van der Waals surface area contributed by atoms with Crippen LogP contribution >= 0.6 is 10.9 Å². The lowest BCUT2D eigenvalue weighted by atomic mass is 10.1. The Bertz CT molecular complexity index is 928. The number of benzene rings is 2. The van der Waals surface area contributed by atoms with Gasteiger partial charge in [-0.2, -0.15) is 21.4 Å². The van der Waals surface area contributed by atoms with Gasteiger partial charge in [0.1, 0.15) is 29.0 Å². The van der Waals surface area contributed by atoms with E-state index < -0.39 is 28.1 Å². The number of para-hydroxylation sites is 1. The van der Waals surface area contributed by atoms with Crippen LogP contribution in [0.2, 0.25) is 0 Å². The van der Waals surface area contributed by atoms with Crippen molar-refractivity contribution in [3.63, 3.8) is 0 Å². The van der Waals surface area contributed by atoms with E-state index in [2.05, 4.69) is 0 Å². The Morgan fingerprint density at radius 2 is 1.50 bits per heavy atom. The Labute approximate surface area is 140 Å². The lowest BCUT2D eigenvalue weighted by molar-refractivity contribution is 0.435. The predicted molar refractivity (Wildman–Crippen MR) is 87.8 cm³/mol. The first-order chi connectivity index (χ1) is 11.7. The SMILES string of the molecule is N#Cc1c(F)c(F)c([SH]2C=CC=C2)c(Oc2ccccc2)c1C#N. The van der Waals surface area contributed by atoms with Gasteiger partial charge in [0.15, 0.2) is 17.4 Å². The van der Waals surface area contributed by atoms with Crippen molar-refractivity contribution in [3.05, 3.63) is 76.1 Å². The highest BCUT2D eigenvalue weighted by atomic mass is 32.2. The molecule has 0 aliphatic carbocycles. The molecule has 24 heavy (non-hydrogen) atoms. The molecule has 0 bridgehead atoms. The van der Waals surface area contributed by atoms with Crippen molar-refractivity contribution >= 4 is 10.9 Å². The van der Waals surface area contributed by atoms with Crippen LogP contribution in [0.15, 0.2) is 58.2 Å². The largest absolute Gasteiger partial charge is 0.455 e. The van der Waals surface area contributed by atoms with Gasteiger partial charge in [-0.3, -0.25) is 0 Å². The Balaban J connectivity index is 2.29. The van der Waals surface area contributed by atoms with E-state index in [4.69, 9.17) is 10.00 Å². The molecular weight excluding hydrogens is 330 g/mol. The van der Waals surface area contributed by atoms with Crippen LogP contribution < -0.4 is 4.74 Å². The van der Waals surface area contributed by atoms with Crippen molar-refractivity contribution in [2.45, 2.75) is 4.90 Å². The summed E-state index contributed by atoms with van der Waals surface area (Å²) in [5.74, 6) is -2.21. The summed E-state index contributed by atoms with van der Waals surface area (Å²) >= 11 is 0. The number of halogens is 2. The molecule has 3 nitrogen and oxygen atoms in total. The van der Waals surface area contributed by atoms with Crippen LogP contribution in [0.5, 0.6) is 11.5 Å². The Kier molecular flexibility index (Phi) is 4.33. The molecule has 1 heterocycles. The number of hydrogen-bond donors (Lipinski definition) is 1. The smallest absolute Gasteiger partial charge is 0.179 e. The zero-order valence-electron chi connectivity index (χ0n) is 12.2. The summed E-state index contributed by atoms with van der Waals surface area (Å²) in [7, 11) is -1.30. The van der Waals surface area contributed by atoms with E-state index in [1.54, 1.807) is 65.4 Å². The highest BCUT2D eigenvalue weighted by Gasteiger charge is 2.28. The molecule has 6 heteroatoms. The first-order valence-electron chi connectivity index (χ1n) is 6.88. The van der Waals surface area contributed by atoms with E-state index >= 15 is 0 Å². The van der Waals surface area contributed by atoms with Gasteiger partial charge in [-0.05, 0) is 22.9 Å². The summed E-state index contributed by atoms with van der Waals surface area (Å²) < 4.78 is 34.5. The summed E-state index contributed by atoms with van der Waals surface area (Å²) in [6.07, 6.45) is 3.44. The van der Waals surface area contributed by atoms with Crippen molar-refractivity contribution in [3.8, 4) is 23.6 Å². The van der Waals surface area contributed by atoms with Crippen molar-refractivity contribution < 1.29 is 13.5 Å². The monoisotopic (exact) mass is 340 g/mol. The molecule has 0 saturated carbocycles. The first kappa shape index (κ1) is 15.8. The minimum atomic E-state index is -1.32. The van der Waals surface area contributed by atoms with Crippen molar-refractivity contribution in [2.24, 2.45) is 0 Å². The van der Waals surface area contributed by atoms with Crippen molar-refractivity contribution in [2.75, 3.05) is 0 Å². The number of nitrogens with zero attached hydrogens (tertiary/aromatic N) is 2. The maximum atomic E-state index is 14.6. The van der Waals surface area contributed by atoms with Crippen LogP contribution in [-0.2, 0) is 0 Å². The molecule has 3 rings (SSSR count). The molecular formula is C18H10F2N2OS. The predicted octanol–water partition coefficient (Wildman–Crippen LogP) is 4.90. The van der Waals surface area contributed by atoms with Gasteiger partial charge in [0.05, 0.1) is 4.90 Å². The van der Waals surface area contributed by atoms with E-state index in [0.717, 1.165) is 0 Å². The lowest BCUT2D eigenvalue weighted by Gasteiger charge is -2.19. The molecule has 0 radical (unpaired) electrons. The summed E-state index contributed by atoms with van der Waals surface area (Å²) in [4.78, 5) is -0.0353. The van der Waals surface area contributed by atoms with Gasteiger partial charge >= 0.3 is 0 Å². The van der Waals surface area contributed by atoms with Gasteiger partial charge < -0.3 is 4.74 Å². The fraction of sp³-hybridized carbons (Fsp3) is 0. The molecule has 0 amide bonds. The quantitative estimate of drug-likeness (QED) is 0.808. The molecule has 0 unspecified atom stereocenters. The molecule has 0 aromatic heterocycles. The van der Waals surface area contributed by atoms with Crippen LogP contribution in [0.1, 0.15) is 11.1 Å². The van der Waals surface area contributed by atoms with E-state index in [0.29, 0.717) is 5.75 Å². The third-order valence-electron chi connectivity index (χ3n) is 3.36. The van der Waals surface area contributed by atoms with Gasteiger partial charge in [0.2, 0.25) is 0 Å². The molecule has 118 valence electrons. The second-order valence-corrected chi connectivity index (χ2v) is 6.64. The number of nitriles is 2. The average Bonchev–Trinajstić information content (AvgIpc) is 3.13. The van der Waals surface area contributed by atoms with Gasteiger partial charge in [-0.1, -0.05) is 30.4 Å². The molecule has 0 saturated heterocycles. The molecule has 0 spiro atoms. The molecule has 0 fully saturated rings. The molecule has 0 atom stereocenters. The second kappa shape index (κ2) is 6.57. The number of ether oxygens (including phenoxy) is 1. The zero-order valence-corrected chi connectivity index (χ0v) is 13.1. The lowest BCUT2D eigenvalue weighted by Crippen LogP contribution is -2.03. The highest BCUT2D eigenvalue weighted by Crippen LogP contribution is 2.51. The minimum Gasteiger partial charge on any atom is -0.455 e. The second-order valence-electron chi connectivity index (χ2n) is 4.78. The van der Waals surface area contributed by atoms with E-state index in [1.807, 2.05) is 0 Å². The van der Waals surface area contributed by atoms with Crippen LogP contribution in [0.3, 0.4) is 0 Å². The summed E-state index contributed by atoms with van der Waals surface area (Å²) in [5, 5.41) is 21.9. The molecule has 0 N–H and O–H groups in total. The van der Waals surface area contributed by atoms with E-state index in [1.165, 1.54) is 0 Å². The number of thiol groups is 1. The van der Waals surface area contributed by atoms with Gasteiger partial charge in [0.25, 0.3) is 0 Å². The Morgan fingerprint density at radius 1 is 0.875 bits per heavy atom. The van der Waals surface area contributed by atoms with Crippen LogP contribution in [0.4, 0.5) is 8.78 Å². The van der Waals surface area contributed by atoms with Crippen LogP contribution in [0, 0.1) is 34.3 Å². The van der Waals surface area contributed by atoms with E-state index in [9.17, 15) is 14.0 Å². The maximum Gasteiger partial charge on any atom is 0.179 e. The zero-order chi connectivity index (χ0) is 17.1. The molecule has 2 aromatic carbocycles. The average molecular weight is 340 g/mol. The van der Waals surface area contributed by atoms with Gasteiger partial charge in [-0.15, -0.1) is 0 Å². The molecule has 1 aliphatic rings. The van der Waals surface area contributed by atoms with Crippen LogP contribution in [0.25, 0.3) is 0 Å². The third-order valence-corrected chi connectivity index (χ3v) is 5.26. The fourth-order valence-corrected chi connectivity index (χ4v) is 3.97. The highest BCUT2D eigenvalue weighted by molar-refractivity contribution is 8.22. The third kappa shape index (κ3) is 2.64. The number of rotatable bonds is 3. The van der Waals surface area contributed by atoms with E-state index in [-0.39, 0.29) is 16.2 Å². The summed E-state index contributed by atoms with van der Waals surface area (Å²) in [6.45, 7) is 0. The molecule has 2 aromatic rings. The summed E-state index contributed by atoms with van der Waals surface area (Å²) in [6, 6.07) is 11.8. The topological polar surface area (TPSA) is 56.8 Å². The van der Waals surface area contributed by atoms with Gasteiger partial charge in [0, 0.05) is 0 Å². The van der Waals surface area contributed by atoms with Crippen molar-refractivity contribution in [1.82, 2.24) is 0 Å². The first-order valence-corrected chi connectivity index (χ1v) is 8.36. The standard InChI is InChI=1S/C18H10F2N2OS/c19-15-13(10-21)14(11-22)17(23-12-6-2-1-3-7-12)18(16(15)20)24-8-4-5-9-24/h1-9,24H. The number of allylic oxidation sites excluding steroid dienone is 2.